The van der Waals surface area contributed by atoms with E-state index in [0.717, 1.165) is 23.0 Å². The van der Waals surface area contributed by atoms with Gasteiger partial charge >= 0.3 is 0 Å². The number of nitrogens with zero attached hydrogens (tertiary/aromatic N) is 2. The van der Waals surface area contributed by atoms with Crippen molar-refractivity contribution >= 4 is 27.5 Å². The number of aryl methyl sites for hydroxylation is 1. The second kappa shape index (κ2) is 11.2. The molecular formula is C22H27ClFN3O4S. The van der Waals surface area contributed by atoms with Crippen LogP contribution in [-0.2, 0) is 26.1 Å². The van der Waals surface area contributed by atoms with Crippen LogP contribution in [-0.4, -0.2) is 69.5 Å². The second-order valence-corrected chi connectivity index (χ2v) is 9.94. The molecule has 10 heteroatoms. The van der Waals surface area contributed by atoms with Crippen molar-refractivity contribution in [2.45, 2.75) is 18.4 Å². The van der Waals surface area contributed by atoms with Gasteiger partial charge in [-0.2, -0.15) is 4.31 Å². The summed E-state index contributed by atoms with van der Waals surface area (Å²) >= 11 is 6.12. The van der Waals surface area contributed by atoms with Crippen molar-refractivity contribution in [2.24, 2.45) is 0 Å². The monoisotopic (exact) mass is 483 g/mol. The van der Waals surface area contributed by atoms with Crippen LogP contribution in [0.5, 0.6) is 0 Å². The number of benzene rings is 2. The van der Waals surface area contributed by atoms with E-state index >= 15 is 0 Å². The van der Waals surface area contributed by atoms with Crippen molar-refractivity contribution in [3.8, 4) is 0 Å². The Kier molecular flexibility index (Phi) is 8.61. The standard InChI is InChI=1S/C22H27ClFN3O4S/c1-17-5-7-18(8-6-17)32(29,30)27(15-19-20(23)3-2-4-21(19)24)16-22(28)25-9-10-26-11-13-31-14-12-26/h2-8H,9-16H2,1H3,(H,25,28). The van der Waals surface area contributed by atoms with Crippen molar-refractivity contribution in [3.05, 3.63) is 64.4 Å². The molecule has 0 saturated carbocycles. The molecule has 0 atom stereocenters. The SMILES string of the molecule is Cc1ccc(S(=O)(=O)N(CC(=O)NCCN2CCOCC2)Cc2c(F)cccc2Cl)cc1. The fourth-order valence-corrected chi connectivity index (χ4v) is 4.93. The van der Waals surface area contributed by atoms with Gasteiger partial charge in [0.25, 0.3) is 0 Å². The Hall–Kier alpha value is -2.04. The summed E-state index contributed by atoms with van der Waals surface area (Å²) in [4.78, 5) is 14.8. The fraction of sp³-hybridized carbons (Fsp3) is 0.409. The van der Waals surface area contributed by atoms with Gasteiger partial charge in [0.05, 0.1) is 24.7 Å². The quantitative estimate of drug-likeness (QED) is 0.592. The van der Waals surface area contributed by atoms with Gasteiger partial charge in [0.1, 0.15) is 5.82 Å². The molecule has 2 aromatic rings. The van der Waals surface area contributed by atoms with E-state index in [9.17, 15) is 17.6 Å². The molecule has 174 valence electrons. The molecular weight excluding hydrogens is 457 g/mol. The van der Waals surface area contributed by atoms with Crippen LogP contribution < -0.4 is 5.32 Å². The molecule has 0 unspecified atom stereocenters. The zero-order valence-electron chi connectivity index (χ0n) is 17.9. The molecule has 32 heavy (non-hydrogen) atoms. The predicted molar refractivity (Wildman–Crippen MR) is 120 cm³/mol. The summed E-state index contributed by atoms with van der Waals surface area (Å²) in [5.41, 5.74) is 0.916. The highest BCUT2D eigenvalue weighted by atomic mass is 35.5. The Morgan fingerprint density at radius 1 is 1.19 bits per heavy atom. The zero-order chi connectivity index (χ0) is 23.1. The molecule has 0 radical (unpaired) electrons. The third-order valence-electron chi connectivity index (χ3n) is 5.23. The van der Waals surface area contributed by atoms with Crippen molar-refractivity contribution < 1.29 is 22.3 Å². The van der Waals surface area contributed by atoms with Gasteiger partial charge in [0.15, 0.2) is 0 Å². The number of ether oxygens (including phenoxy) is 1. The maximum atomic E-state index is 14.4. The van der Waals surface area contributed by atoms with E-state index in [-0.39, 0.29) is 22.0 Å². The van der Waals surface area contributed by atoms with Crippen molar-refractivity contribution in [3.63, 3.8) is 0 Å². The van der Waals surface area contributed by atoms with E-state index in [4.69, 9.17) is 16.3 Å². The minimum absolute atomic E-state index is 0.0194. The minimum atomic E-state index is -4.07. The molecule has 0 aliphatic carbocycles. The van der Waals surface area contributed by atoms with Gasteiger partial charge in [-0.25, -0.2) is 12.8 Å². The van der Waals surface area contributed by atoms with E-state index < -0.39 is 28.3 Å². The second-order valence-electron chi connectivity index (χ2n) is 7.59. The van der Waals surface area contributed by atoms with Crippen LogP contribution in [0.15, 0.2) is 47.4 Å². The number of carbonyl (C=O) groups is 1. The summed E-state index contributed by atoms with van der Waals surface area (Å²) in [5.74, 6) is -1.10. The van der Waals surface area contributed by atoms with Crippen LogP contribution in [0.2, 0.25) is 5.02 Å². The summed E-state index contributed by atoms with van der Waals surface area (Å²) in [6.07, 6.45) is 0. The summed E-state index contributed by atoms with van der Waals surface area (Å²) < 4.78 is 47.2. The summed E-state index contributed by atoms with van der Waals surface area (Å²) in [7, 11) is -4.07. The number of nitrogens with one attached hydrogen (secondary N) is 1. The number of hydrogen-bond donors (Lipinski definition) is 1. The first-order valence-corrected chi connectivity index (χ1v) is 12.2. The van der Waals surface area contributed by atoms with Gasteiger partial charge in [-0.05, 0) is 31.2 Å². The predicted octanol–water partition coefficient (Wildman–Crippen LogP) is 2.43. The molecule has 1 aliphatic heterocycles. The van der Waals surface area contributed by atoms with Crippen LogP contribution in [0.25, 0.3) is 0 Å². The molecule has 1 fully saturated rings. The highest BCUT2D eigenvalue weighted by Gasteiger charge is 2.28. The van der Waals surface area contributed by atoms with Gasteiger partial charge in [0.2, 0.25) is 15.9 Å². The van der Waals surface area contributed by atoms with E-state index in [1.807, 2.05) is 6.92 Å². The molecule has 1 heterocycles. The van der Waals surface area contributed by atoms with Crippen LogP contribution in [0.1, 0.15) is 11.1 Å². The molecule has 1 amide bonds. The van der Waals surface area contributed by atoms with Crippen molar-refractivity contribution in [1.82, 2.24) is 14.5 Å². The largest absolute Gasteiger partial charge is 0.379 e. The first kappa shape index (κ1) is 24.6. The van der Waals surface area contributed by atoms with Crippen molar-refractivity contribution in [2.75, 3.05) is 45.9 Å². The average molecular weight is 484 g/mol. The Morgan fingerprint density at radius 2 is 1.88 bits per heavy atom. The topological polar surface area (TPSA) is 79.0 Å². The number of carbonyl (C=O) groups excluding carboxylic acids is 1. The minimum Gasteiger partial charge on any atom is -0.379 e. The summed E-state index contributed by atoms with van der Waals surface area (Å²) in [5, 5.41) is 2.85. The third kappa shape index (κ3) is 6.49. The molecule has 0 aromatic heterocycles. The lowest BCUT2D eigenvalue weighted by molar-refractivity contribution is -0.121. The summed E-state index contributed by atoms with van der Waals surface area (Å²) in [6, 6.07) is 10.4. The van der Waals surface area contributed by atoms with Crippen LogP contribution in [0.4, 0.5) is 4.39 Å². The lowest BCUT2D eigenvalue weighted by atomic mass is 10.2. The van der Waals surface area contributed by atoms with Crippen molar-refractivity contribution in [1.29, 1.82) is 0 Å². The Balaban J connectivity index is 1.75. The molecule has 0 spiro atoms. The van der Waals surface area contributed by atoms with Gasteiger partial charge in [-0.1, -0.05) is 35.4 Å². The van der Waals surface area contributed by atoms with Crippen LogP contribution in [0, 0.1) is 12.7 Å². The molecule has 2 aromatic carbocycles. The Labute approximate surface area is 193 Å². The number of hydrogen-bond acceptors (Lipinski definition) is 5. The lowest BCUT2D eigenvalue weighted by Crippen LogP contribution is -2.44. The van der Waals surface area contributed by atoms with Gasteiger partial charge in [-0.15, -0.1) is 0 Å². The van der Waals surface area contributed by atoms with Gasteiger partial charge in [-0.3, -0.25) is 9.69 Å². The molecule has 1 saturated heterocycles. The number of amides is 1. The number of sulfonamides is 1. The van der Waals surface area contributed by atoms with E-state index in [2.05, 4.69) is 10.2 Å². The number of morpholine rings is 1. The highest BCUT2D eigenvalue weighted by Crippen LogP contribution is 2.24. The van der Waals surface area contributed by atoms with Gasteiger partial charge < -0.3 is 10.1 Å². The molecule has 1 N–H and O–H groups in total. The third-order valence-corrected chi connectivity index (χ3v) is 7.39. The Bertz CT molecular complexity index is 1010. The fourth-order valence-electron chi connectivity index (χ4n) is 3.34. The van der Waals surface area contributed by atoms with Crippen LogP contribution >= 0.6 is 11.6 Å². The molecule has 0 bridgehead atoms. The van der Waals surface area contributed by atoms with E-state index in [1.165, 1.54) is 30.3 Å². The number of halogens is 2. The number of rotatable bonds is 9. The Morgan fingerprint density at radius 3 is 2.53 bits per heavy atom. The first-order valence-electron chi connectivity index (χ1n) is 10.3. The molecule has 1 aliphatic rings. The normalized spacial score (nSPS) is 15.1. The first-order chi connectivity index (χ1) is 15.3. The lowest BCUT2D eigenvalue weighted by Gasteiger charge is -2.27. The highest BCUT2D eigenvalue weighted by molar-refractivity contribution is 7.89. The maximum absolute atomic E-state index is 14.4. The summed E-state index contributed by atoms with van der Waals surface area (Å²) in [6.45, 7) is 4.92. The molecule has 7 nitrogen and oxygen atoms in total. The van der Waals surface area contributed by atoms with Crippen LogP contribution in [0.3, 0.4) is 0 Å². The van der Waals surface area contributed by atoms with E-state index in [1.54, 1.807) is 12.1 Å². The average Bonchev–Trinajstić information content (AvgIpc) is 2.76. The maximum Gasteiger partial charge on any atom is 0.243 e. The van der Waals surface area contributed by atoms with E-state index in [0.29, 0.717) is 26.3 Å². The zero-order valence-corrected chi connectivity index (χ0v) is 19.5. The van der Waals surface area contributed by atoms with Gasteiger partial charge in [0, 0.05) is 43.3 Å². The molecule has 3 rings (SSSR count). The smallest absolute Gasteiger partial charge is 0.243 e.